The van der Waals surface area contributed by atoms with Crippen LogP contribution < -0.4 is 4.18 Å². The van der Waals surface area contributed by atoms with Gasteiger partial charge in [-0.05, 0) is 47.9 Å². The molecule has 0 atom stereocenters. The molecule has 24 heavy (non-hydrogen) atoms. The van der Waals surface area contributed by atoms with Gasteiger partial charge in [-0.2, -0.15) is 8.42 Å². The fourth-order valence-corrected chi connectivity index (χ4v) is 3.89. The van der Waals surface area contributed by atoms with Crippen LogP contribution in [0.1, 0.15) is 32.3 Å². The lowest BCUT2D eigenvalue weighted by molar-refractivity contribution is 0.485. The van der Waals surface area contributed by atoms with Crippen LogP contribution in [0.2, 0.25) is 0 Å². The van der Waals surface area contributed by atoms with Crippen LogP contribution in [0, 0.1) is 0 Å². The van der Waals surface area contributed by atoms with Crippen molar-refractivity contribution in [2.75, 3.05) is 5.75 Å². The summed E-state index contributed by atoms with van der Waals surface area (Å²) in [6.07, 6.45) is 0. The minimum absolute atomic E-state index is 0.0441. The molecule has 0 aromatic heterocycles. The fourth-order valence-electron chi connectivity index (χ4n) is 2.08. The zero-order valence-corrected chi connectivity index (χ0v) is 15.4. The average Bonchev–Trinajstić information content (AvgIpc) is 2.54. The van der Waals surface area contributed by atoms with Gasteiger partial charge in [-0.1, -0.05) is 32.9 Å². The molecule has 0 radical (unpaired) electrons. The van der Waals surface area contributed by atoms with E-state index >= 15 is 0 Å². The Hall–Kier alpha value is -1.86. The van der Waals surface area contributed by atoms with Crippen LogP contribution in [0.4, 0.5) is 0 Å². The summed E-state index contributed by atoms with van der Waals surface area (Å²) in [4.78, 5) is -0.00161. The highest BCUT2D eigenvalue weighted by Crippen LogP contribution is 2.24. The van der Waals surface area contributed by atoms with E-state index in [2.05, 4.69) is 0 Å². The lowest BCUT2D eigenvalue weighted by Gasteiger charge is -2.10. The topological polar surface area (TPSA) is 77.5 Å². The zero-order valence-electron chi connectivity index (χ0n) is 13.8. The maximum atomic E-state index is 12.3. The minimum Gasteiger partial charge on any atom is -0.379 e. The van der Waals surface area contributed by atoms with Crippen LogP contribution in [0.3, 0.4) is 0 Å². The van der Waals surface area contributed by atoms with Crippen LogP contribution in [0.5, 0.6) is 5.75 Å². The second-order valence-corrected chi connectivity index (χ2v) is 9.46. The van der Waals surface area contributed by atoms with Crippen molar-refractivity contribution in [2.45, 2.75) is 36.5 Å². The van der Waals surface area contributed by atoms with Crippen LogP contribution in [-0.2, 0) is 20.0 Å². The van der Waals surface area contributed by atoms with Gasteiger partial charge < -0.3 is 4.18 Å². The first kappa shape index (κ1) is 18.5. The second-order valence-electron chi connectivity index (χ2n) is 5.64. The van der Waals surface area contributed by atoms with Gasteiger partial charge in [0.25, 0.3) is 0 Å². The largest absolute Gasteiger partial charge is 0.379 e. The highest BCUT2D eigenvalue weighted by atomic mass is 32.2. The molecule has 0 aliphatic heterocycles. The van der Waals surface area contributed by atoms with Crippen LogP contribution in [-0.4, -0.2) is 22.6 Å². The van der Waals surface area contributed by atoms with Gasteiger partial charge in [0.1, 0.15) is 10.6 Å². The van der Waals surface area contributed by atoms with Crippen molar-refractivity contribution in [2.24, 2.45) is 0 Å². The van der Waals surface area contributed by atoms with E-state index in [0.717, 1.165) is 5.56 Å². The Balaban J connectivity index is 2.29. The molecule has 0 N–H and O–H groups in total. The van der Waals surface area contributed by atoms with Crippen molar-refractivity contribution in [3.8, 4) is 5.75 Å². The molecule has 0 saturated heterocycles. The van der Waals surface area contributed by atoms with Crippen molar-refractivity contribution in [3.63, 3.8) is 0 Å². The van der Waals surface area contributed by atoms with E-state index in [9.17, 15) is 16.8 Å². The first-order valence-corrected chi connectivity index (χ1v) is 10.6. The van der Waals surface area contributed by atoms with E-state index in [-0.39, 0.29) is 27.2 Å². The third kappa shape index (κ3) is 4.15. The lowest BCUT2D eigenvalue weighted by Crippen LogP contribution is -2.11. The van der Waals surface area contributed by atoms with Crippen molar-refractivity contribution >= 4 is 20.0 Å². The Bertz CT molecular complexity index is 912. The number of sulfone groups is 1. The number of hydrogen-bond acceptors (Lipinski definition) is 5. The molecule has 0 spiro atoms. The minimum atomic E-state index is -4.02. The van der Waals surface area contributed by atoms with E-state index in [1.54, 1.807) is 18.2 Å². The first-order valence-electron chi connectivity index (χ1n) is 7.53. The maximum absolute atomic E-state index is 12.3. The highest BCUT2D eigenvalue weighted by Gasteiger charge is 2.19. The van der Waals surface area contributed by atoms with Gasteiger partial charge in [-0.3, -0.25) is 0 Å². The zero-order chi connectivity index (χ0) is 18.0. The molecule has 7 heteroatoms. The predicted octanol–water partition coefficient (Wildman–Crippen LogP) is 3.37. The molecule has 0 aliphatic rings. The third-order valence-corrected chi connectivity index (χ3v) is 6.59. The Labute approximate surface area is 143 Å². The van der Waals surface area contributed by atoms with Gasteiger partial charge in [-0.15, -0.1) is 0 Å². The normalized spacial score (nSPS) is 12.3. The summed E-state index contributed by atoms with van der Waals surface area (Å²) in [5.41, 5.74) is 0.965. The van der Waals surface area contributed by atoms with E-state index in [1.165, 1.54) is 31.2 Å². The number of hydrogen-bond donors (Lipinski definition) is 0. The van der Waals surface area contributed by atoms with Crippen molar-refractivity contribution in [1.29, 1.82) is 0 Å². The first-order chi connectivity index (χ1) is 11.2. The van der Waals surface area contributed by atoms with Crippen molar-refractivity contribution in [3.05, 3.63) is 54.1 Å². The van der Waals surface area contributed by atoms with E-state index in [1.807, 2.05) is 19.9 Å². The molecule has 0 unspecified atom stereocenters. The molecule has 0 aliphatic carbocycles. The number of benzene rings is 2. The quantitative estimate of drug-likeness (QED) is 0.731. The molecule has 2 rings (SSSR count). The summed E-state index contributed by atoms with van der Waals surface area (Å²) >= 11 is 0. The molecule has 0 fully saturated rings. The van der Waals surface area contributed by atoms with Gasteiger partial charge in [0.15, 0.2) is 9.84 Å². The monoisotopic (exact) mass is 368 g/mol. The molecular weight excluding hydrogens is 348 g/mol. The third-order valence-electron chi connectivity index (χ3n) is 3.58. The molecule has 2 aromatic rings. The van der Waals surface area contributed by atoms with Crippen LogP contribution in [0.15, 0.2) is 58.3 Å². The molecule has 0 amide bonds. The molecule has 2 aromatic carbocycles. The second kappa shape index (κ2) is 6.94. The van der Waals surface area contributed by atoms with Gasteiger partial charge in [0.2, 0.25) is 0 Å². The smallest absolute Gasteiger partial charge is 0.339 e. The Kier molecular flexibility index (Phi) is 5.35. The lowest BCUT2D eigenvalue weighted by atomic mass is 10.0. The van der Waals surface area contributed by atoms with Gasteiger partial charge in [0, 0.05) is 0 Å². The Morgan fingerprint density at radius 1 is 0.917 bits per heavy atom. The predicted molar refractivity (Wildman–Crippen MR) is 92.5 cm³/mol. The molecule has 0 saturated carbocycles. The van der Waals surface area contributed by atoms with Gasteiger partial charge in [0.05, 0.1) is 10.6 Å². The Morgan fingerprint density at radius 2 is 1.50 bits per heavy atom. The van der Waals surface area contributed by atoms with Crippen molar-refractivity contribution < 1.29 is 21.0 Å². The summed E-state index contributed by atoms with van der Waals surface area (Å²) in [6, 6.07) is 11.9. The summed E-state index contributed by atoms with van der Waals surface area (Å²) in [7, 11) is -7.39. The van der Waals surface area contributed by atoms with Gasteiger partial charge in [-0.25, -0.2) is 8.42 Å². The highest BCUT2D eigenvalue weighted by molar-refractivity contribution is 7.91. The summed E-state index contributed by atoms with van der Waals surface area (Å²) in [5, 5.41) is 0. The van der Waals surface area contributed by atoms with E-state index < -0.39 is 20.0 Å². The van der Waals surface area contributed by atoms with E-state index in [4.69, 9.17) is 4.18 Å². The summed E-state index contributed by atoms with van der Waals surface area (Å²) in [6.45, 7) is 5.53. The van der Waals surface area contributed by atoms with E-state index in [0.29, 0.717) is 0 Å². The molecule has 0 heterocycles. The van der Waals surface area contributed by atoms with Crippen molar-refractivity contribution in [1.82, 2.24) is 0 Å². The molecule has 5 nitrogen and oxygen atoms in total. The van der Waals surface area contributed by atoms with Crippen LogP contribution in [0.25, 0.3) is 0 Å². The van der Waals surface area contributed by atoms with Gasteiger partial charge >= 0.3 is 10.1 Å². The molecule has 130 valence electrons. The average molecular weight is 368 g/mol. The maximum Gasteiger partial charge on any atom is 0.339 e. The fraction of sp³-hybridized carbons (Fsp3) is 0.294. The summed E-state index contributed by atoms with van der Waals surface area (Å²) in [5.74, 6) is 0.429. The Morgan fingerprint density at radius 3 is 2.04 bits per heavy atom. The standard InChI is InChI=1S/C17H20O5S2/c1-4-23(18,19)16-8-10-17(11-9-16)24(20,21)22-15-7-5-6-14(12-15)13(2)3/h5-13H,4H2,1-3H3. The SMILES string of the molecule is CCS(=O)(=O)c1ccc(S(=O)(=O)Oc2cccc(C(C)C)c2)cc1. The summed E-state index contributed by atoms with van der Waals surface area (Å²) < 4.78 is 53.4. The molecule has 0 bridgehead atoms. The molecular formula is C17H20O5S2. The number of rotatable bonds is 6. The van der Waals surface area contributed by atoms with Crippen LogP contribution >= 0.6 is 0 Å².